The summed E-state index contributed by atoms with van der Waals surface area (Å²) in [4.78, 5) is 10.9. The third-order valence-electron chi connectivity index (χ3n) is 2.84. The Morgan fingerprint density at radius 3 is 2.27 bits per heavy atom. The third-order valence-corrected chi connectivity index (χ3v) is 4.27. The molecular weight excluding hydrogens is 307 g/mol. The smallest absolute Gasteiger partial charge is 0.339 e. The molecule has 2 amide bonds. The van der Waals surface area contributed by atoms with E-state index < -0.39 is 20.4 Å². The molecule has 3 N–H and O–H groups in total. The Morgan fingerprint density at radius 1 is 1.27 bits per heavy atom. The minimum absolute atomic E-state index is 0.347. The predicted molar refractivity (Wildman–Crippen MR) is 83.7 cm³/mol. The largest absolute Gasteiger partial charge is 0.484 e. The van der Waals surface area contributed by atoms with Crippen LogP contribution in [-0.2, 0) is 9.05 Å². The Morgan fingerprint density at radius 2 is 1.82 bits per heavy atom. The number of carbonyl (C=O) groups excluding carboxylic acids is 1. The summed E-state index contributed by atoms with van der Waals surface area (Å²) in [5.41, 5.74) is 5.77. The van der Waals surface area contributed by atoms with Gasteiger partial charge >= 0.3 is 6.03 Å². The van der Waals surface area contributed by atoms with Crippen molar-refractivity contribution in [1.29, 1.82) is 0 Å². The second-order valence-electron chi connectivity index (χ2n) is 4.37. The molecule has 1 rings (SSSR count). The number of benzene rings is 1. The normalized spacial score (nSPS) is 12.2. The van der Waals surface area contributed by atoms with Crippen LogP contribution in [-0.4, -0.2) is 35.9 Å². The van der Waals surface area contributed by atoms with E-state index in [4.69, 9.17) is 19.5 Å². The lowest BCUT2D eigenvalue weighted by Crippen LogP contribution is -2.34. The molecule has 8 heteroatoms. The van der Waals surface area contributed by atoms with Gasteiger partial charge in [-0.15, -0.1) is 0 Å². The maximum atomic E-state index is 10.9. The highest BCUT2D eigenvalue weighted by atomic mass is 31.2. The Bertz CT molecular complexity index is 451. The van der Waals surface area contributed by atoms with Gasteiger partial charge in [-0.3, -0.25) is 5.21 Å². The second-order valence-corrected chi connectivity index (χ2v) is 5.81. The van der Waals surface area contributed by atoms with Crippen molar-refractivity contribution < 1.29 is 23.8 Å². The molecule has 0 aliphatic carbocycles. The van der Waals surface area contributed by atoms with Gasteiger partial charge in [-0.25, -0.2) is 4.79 Å². The van der Waals surface area contributed by atoms with E-state index in [0.29, 0.717) is 30.4 Å². The summed E-state index contributed by atoms with van der Waals surface area (Å²) in [6, 6.07) is 5.60. The lowest BCUT2D eigenvalue weighted by molar-refractivity contribution is -0.0710. The van der Waals surface area contributed by atoms with Gasteiger partial charge in [0.1, 0.15) is 5.75 Å². The van der Waals surface area contributed by atoms with Crippen molar-refractivity contribution in [3.05, 3.63) is 29.8 Å². The van der Waals surface area contributed by atoms with Crippen LogP contribution in [0.3, 0.4) is 0 Å². The van der Waals surface area contributed by atoms with Gasteiger partial charge in [0.05, 0.1) is 19.3 Å². The van der Waals surface area contributed by atoms with Gasteiger partial charge in [-0.05, 0) is 38.5 Å². The van der Waals surface area contributed by atoms with Crippen molar-refractivity contribution in [1.82, 2.24) is 5.06 Å². The minimum atomic E-state index is -1.06. The molecule has 0 saturated carbocycles. The Hall–Kier alpha value is -1.40. The number of urea groups is 1. The highest BCUT2D eigenvalue weighted by Crippen LogP contribution is 2.38. The highest BCUT2D eigenvalue weighted by molar-refractivity contribution is 7.47. The molecule has 0 radical (unpaired) electrons. The predicted octanol–water partition coefficient (Wildman–Crippen LogP) is 3.24. The van der Waals surface area contributed by atoms with Crippen LogP contribution in [0.15, 0.2) is 24.3 Å². The number of nitrogens with zero attached hydrogens (tertiary/aromatic N) is 1. The number of hydrogen-bond acceptors (Lipinski definition) is 5. The zero-order valence-corrected chi connectivity index (χ0v) is 14.0. The molecule has 7 nitrogen and oxygen atoms in total. The van der Waals surface area contributed by atoms with E-state index in [9.17, 15) is 10.0 Å². The van der Waals surface area contributed by atoms with Crippen LogP contribution in [0.25, 0.3) is 0 Å². The number of nitrogens with two attached hydrogens (primary N) is 1. The number of amides is 2. The Labute approximate surface area is 131 Å². The summed E-state index contributed by atoms with van der Waals surface area (Å²) in [7, 11) is -1.06. The van der Waals surface area contributed by atoms with Gasteiger partial charge in [0, 0.05) is 0 Å². The van der Waals surface area contributed by atoms with Crippen molar-refractivity contribution in [2.75, 3.05) is 19.6 Å². The zero-order chi connectivity index (χ0) is 16.5. The average Bonchev–Trinajstić information content (AvgIpc) is 2.52. The molecule has 0 saturated heterocycles. The number of carbonyl (C=O) groups is 1. The molecule has 1 atom stereocenters. The monoisotopic (exact) mass is 330 g/mol. The average molecular weight is 330 g/mol. The second kappa shape index (κ2) is 9.58. The Kier molecular flexibility index (Phi) is 8.12. The van der Waals surface area contributed by atoms with Crippen LogP contribution >= 0.6 is 8.38 Å². The minimum Gasteiger partial charge on any atom is -0.484 e. The first-order chi connectivity index (χ1) is 10.5. The van der Waals surface area contributed by atoms with Gasteiger partial charge in [0.25, 0.3) is 0 Å². The standard InChI is InChI=1S/C14H23N2O5P/c1-4-20-22(21-5-2)10-19-13-8-6-12(7-9-13)11(3)16(18)14(15)17/h6-9,11,18H,4-5,10H2,1-3H3,(H2,15,17). The molecule has 22 heavy (non-hydrogen) atoms. The van der Waals surface area contributed by atoms with E-state index in [1.165, 1.54) is 0 Å². The van der Waals surface area contributed by atoms with Crippen LogP contribution in [0.2, 0.25) is 0 Å². The number of hydroxylamine groups is 2. The summed E-state index contributed by atoms with van der Waals surface area (Å²) >= 11 is 0. The number of primary amides is 1. The summed E-state index contributed by atoms with van der Waals surface area (Å²) in [6.07, 6.45) is 0.347. The lowest BCUT2D eigenvalue weighted by atomic mass is 10.1. The van der Waals surface area contributed by atoms with E-state index in [0.717, 1.165) is 5.56 Å². The van der Waals surface area contributed by atoms with Crippen molar-refractivity contribution in [2.45, 2.75) is 26.8 Å². The molecule has 0 fully saturated rings. The summed E-state index contributed by atoms with van der Waals surface area (Å²) in [5, 5.41) is 9.99. The van der Waals surface area contributed by atoms with E-state index in [1.807, 2.05) is 13.8 Å². The molecule has 124 valence electrons. The maximum absolute atomic E-state index is 10.9. The number of rotatable bonds is 9. The van der Waals surface area contributed by atoms with Crippen molar-refractivity contribution >= 4 is 14.4 Å². The quantitative estimate of drug-likeness (QED) is 0.412. The molecule has 0 spiro atoms. The third kappa shape index (κ3) is 5.77. The van der Waals surface area contributed by atoms with Crippen LogP contribution in [0.1, 0.15) is 32.4 Å². The van der Waals surface area contributed by atoms with Crippen LogP contribution in [0.5, 0.6) is 5.75 Å². The fourth-order valence-electron chi connectivity index (χ4n) is 1.70. The summed E-state index contributed by atoms with van der Waals surface area (Å²) in [5.74, 6) is 0.659. The number of ether oxygens (including phenoxy) is 1. The van der Waals surface area contributed by atoms with Gasteiger partial charge in [0.2, 0.25) is 8.38 Å². The van der Waals surface area contributed by atoms with Gasteiger partial charge in [-0.1, -0.05) is 12.1 Å². The van der Waals surface area contributed by atoms with Gasteiger partial charge < -0.3 is 19.5 Å². The van der Waals surface area contributed by atoms with Crippen molar-refractivity contribution in [3.8, 4) is 5.75 Å². The summed E-state index contributed by atoms with van der Waals surface area (Å²) in [6.45, 7) is 6.63. The molecule has 0 heterocycles. The summed E-state index contributed by atoms with van der Waals surface area (Å²) < 4.78 is 16.5. The van der Waals surface area contributed by atoms with E-state index in [-0.39, 0.29) is 0 Å². The molecule has 0 aliphatic rings. The van der Waals surface area contributed by atoms with Crippen LogP contribution in [0, 0.1) is 0 Å². The fourth-order valence-corrected chi connectivity index (χ4v) is 2.76. The molecule has 1 unspecified atom stereocenters. The van der Waals surface area contributed by atoms with E-state index in [1.54, 1.807) is 31.2 Å². The fraction of sp³-hybridized carbons (Fsp3) is 0.500. The van der Waals surface area contributed by atoms with Crippen molar-refractivity contribution in [2.24, 2.45) is 5.73 Å². The molecule has 0 bridgehead atoms. The molecular formula is C14H23N2O5P. The molecule has 1 aromatic rings. The first kappa shape index (κ1) is 18.6. The highest BCUT2D eigenvalue weighted by Gasteiger charge is 2.17. The number of hydrogen-bond donors (Lipinski definition) is 2. The first-order valence-electron chi connectivity index (χ1n) is 7.03. The van der Waals surface area contributed by atoms with Crippen molar-refractivity contribution in [3.63, 3.8) is 0 Å². The topological polar surface area (TPSA) is 94.3 Å². The maximum Gasteiger partial charge on any atom is 0.339 e. The van der Waals surface area contributed by atoms with E-state index >= 15 is 0 Å². The SMILES string of the molecule is CCOP(COc1ccc(C(C)N(O)C(N)=O)cc1)OCC. The Balaban J connectivity index is 2.59. The van der Waals surface area contributed by atoms with Crippen LogP contribution < -0.4 is 10.5 Å². The lowest BCUT2D eigenvalue weighted by Gasteiger charge is -2.21. The zero-order valence-electron chi connectivity index (χ0n) is 13.1. The van der Waals surface area contributed by atoms with Gasteiger partial charge in [0.15, 0.2) is 6.35 Å². The van der Waals surface area contributed by atoms with Gasteiger partial charge in [-0.2, -0.15) is 5.06 Å². The van der Waals surface area contributed by atoms with E-state index in [2.05, 4.69) is 0 Å². The first-order valence-corrected chi connectivity index (χ1v) is 8.39. The molecule has 0 aromatic heterocycles. The molecule has 0 aliphatic heterocycles. The van der Waals surface area contributed by atoms with Crippen LogP contribution in [0.4, 0.5) is 4.79 Å². The molecule has 1 aromatic carbocycles.